The number of benzene rings is 1. The lowest BCUT2D eigenvalue weighted by Gasteiger charge is -2.35. The highest BCUT2D eigenvalue weighted by Gasteiger charge is 2.37. The van der Waals surface area contributed by atoms with Crippen molar-refractivity contribution < 1.29 is 19.2 Å². The Morgan fingerprint density at radius 1 is 1.25 bits per heavy atom. The Bertz CT molecular complexity index is 644. The van der Waals surface area contributed by atoms with Crippen LogP contribution in [0, 0.1) is 5.92 Å². The molecule has 0 saturated carbocycles. The molecule has 6 heteroatoms. The van der Waals surface area contributed by atoms with E-state index in [4.69, 9.17) is 9.63 Å². The van der Waals surface area contributed by atoms with Crippen LogP contribution in [0.5, 0.6) is 0 Å². The standard InChI is InChI=1S/C14H12N2O4/c17-13(16-7-10(8-16)14(18)19)11-6-12(20-15-11)9-4-2-1-3-5-9/h1-6,10H,7-8H2,(H,18,19). The Morgan fingerprint density at radius 3 is 2.60 bits per heavy atom. The average molecular weight is 272 g/mol. The molecule has 1 aromatic carbocycles. The fraction of sp³-hybridized carbons (Fsp3) is 0.214. The number of carboxylic acids is 1. The zero-order valence-electron chi connectivity index (χ0n) is 10.5. The lowest BCUT2D eigenvalue weighted by atomic mass is 10.00. The molecule has 0 atom stereocenters. The molecule has 1 fully saturated rings. The van der Waals surface area contributed by atoms with Gasteiger partial charge in [0.05, 0.1) is 5.92 Å². The van der Waals surface area contributed by atoms with Gasteiger partial charge in [0.15, 0.2) is 11.5 Å². The molecule has 1 N–H and O–H groups in total. The van der Waals surface area contributed by atoms with E-state index >= 15 is 0 Å². The normalized spacial score (nSPS) is 14.9. The van der Waals surface area contributed by atoms with Gasteiger partial charge in [-0.2, -0.15) is 0 Å². The molecule has 0 spiro atoms. The van der Waals surface area contributed by atoms with E-state index in [9.17, 15) is 9.59 Å². The number of likely N-dealkylation sites (tertiary alicyclic amines) is 1. The summed E-state index contributed by atoms with van der Waals surface area (Å²) in [6.07, 6.45) is 0. The van der Waals surface area contributed by atoms with E-state index in [1.54, 1.807) is 6.07 Å². The highest BCUT2D eigenvalue weighted by atomic mass is 16.5. The summed E-state index contributed by atoms with van der Waals surface area (Å²) in [6, 6.07) is 10.9. The van der Waals surface area contributed by atoms with Gasteiger partial charge in [-0.1, -0.05) is 35.5 Å². The Morgan fingerprint density at radius 2 is 1.95 bits per heavy atom. The smallest absolute Gasteiger partial charge is 0.310 e. The van der Waals surface area contributed by atoms with Gasteiger partial charge in [-0.15, -0.1) is 0 Å². The number of aromatic nitrogens is 1. The summed E-state index contributed by atoms with van der Waals surface area (Å²) in [5.74, 6) is -1.13. The third-order valence-corrected chi connectivity index (χ3v) is 3.31. The summed E-state index contributed by atoms with van der Waals surface area (Å²) < 4.78 is 5.15. The fourth-order valence-corrected chi connectivity index (χ4v) is 2.08. The monoisotopic (exact) mass is 272 g/mol. The van der Waals surface area contributed by atoms with Crippen LogP contribution in [0.1, 0.15) is 10.5 Å². The van der Waals surface area contributed by atoms with E-state index in [2.05, 4.69) is 5.16 Å². The number of amides is 1. The molecule has 2 heterocycles. The maximum absolute atomic E-state index is 12.1. The van der Waals surface area contributed by atoms with E-state index in [-0.39, 0.29) is 24.7 Å². The maximum Gasteiger partial charge on any atom is 0.310 e. The van der Waals surface area contributed by atoms with Gasteiger partial charge < -0.3 is 14.5 Å². The van der Waals surface area contributed by atoms with Crippen LogP contribution in [-0.2, 0) is 4.79 Å². The SMILES string of the molecule is O=C(O)C1CN(C(=O)c2cc(-c3ccccc3)on2)C1. The molecular weight excluding hydrogens is 260 g/mol. The summed E-state index contributed by atoms with van der Waals surface area (Å²) in [6.45, 7) is 0.448. The topological polar surface area (TPSA) is 83.6 Å². The molecular formula is C14H12N2O4. The summed E-state index contributed by atoms with van der Waals surface area (Å²) in [5, 5.41) is 12.5. The van der Waals surface area contributed by atoms with E-state index in [0.29, 0.717) is 5.76 Å². The number of rotatable bonds is 3. The van der Waals surface area contributed by atoms with Gasteiger partial charge >= 0.3 is 5.97 Å². The molecule has 1 saturated heterocycles. The quantitative estimate of drug-likeness (QED) is 0.915. The number of carbonyl (C=O) groups is 2. The highest BCUT2D eigenvalue weighted by molar-refractivity contribution is 5.94. The lowest BCUT2D eigenvalue weighted by Crippen LogP contribution is -2.53. The van der Waals surface area contributed by atoms with Crippen molar-refractivity contribution in [2.45, 2.75) is 0 Å². The van der Waals surface area contributed by atoms with Gasteiger partial charge in [-0.25, -0.2) is 0 Å². The molecule has 1 aliphatic rings. The molecule has 0 bridgehead atoms. The minimum atomic E-state index is -0.876. The summed E-state index contributed by atoms with van der Waals surface area (Å²) in [7, 11) is 0. The highest BCUT2D eigenvalue weighted by Crippen LogP contribution is 2.23. The van der Waals surface area contributed by atoms with E-state index in [0.717, 1.165) is 5.56 Å². The molecule has 0 aliphatic carbocycles. The first-order valence-electron chi connectivity index (χ1n) is 6.19. The summed E-state index contributed by atoms with van der Waals surface area (Å²) >= 11 is 0. The third kappa shape index (κ3) is 2.16. The Kier molecular flexibility index (Phi) is 2.98. The van der Waals surface area contributed by atoms with Gasteiger partial charge in [0.25, 0.3) is 5.91 Å². The second kappa shape index (κ2) is 4.80. The van der Waals surface area contributed by atoms with Crippen LogP contribution in [0.2, 0.25) is 0 Å². The number of nitrogens with zero attached hydrogens (tertiary/aromatic N) is 2. The fourth-order valence-electron chi connectivity index (χ4n) is 2.08. The molecule has 20 heavy (non-hydrogen) atoms. The van der Waals surface area contributed by atoms with Crippen molar-refractivity contribution in [2.75, 3.05) is 13.1 Å². The van der Waals surface area contributed by atoms with Crippen molar-refractivity contribution in [1.29, 1.82) is 0 Å². The molecule has 1 aliphatic heterocycles. The lowest BCUT2D eigenvalue weighted by molar-refractivity contribution is -0.146. The first kappa shape index (κ1) is 12.4. The van der Waals surface area contributed by atoms with Crippen LogP contribution >= 0.6 is 0 Å². The first-order chi connectivity index (χ1) is 9.65. The average Bonchev–Trinajstić information content (AvgIpc) is 2.87. The van der Waals surface area contributed by atoms with Crippen molar-refractivity contribution in [3.05, 3.63) is 42.1 Å². The maximum atomic E-state index is 12.1. The number of aliphatic carboxylic acids is 1. The van der Waals surface area contributed by atoms with Gasteiger partial charge in [-0.05, 0) is 0 Å². The second-order valence-corrected chi connectivity index (χ2v) is 4.69. The van der Waals surface area contributed by atoms with Gasteiger partial charge in [0, 0.05) is 24.7 Å². The van der Waals surface area contributed by atoms with Gasteiger partial charge in [0.2, 0.25) is 0 Å². The van der Waals surface area contributed by atoms with Crippen molar-refractivity contribution >= 4 is 11.9 Å². The Hall–Kier alpha value is -2.63. The first-order valence-corrected chi connectivity index (χ1v) is 6.19. The molecule has 1 aromatic heterocycles. The van der Waals surface area contributed by atoms with Crippen molar-refractivity contribution in [2.24, 2.45) is 5.92 Å². The molecule has 6 nitrogen and oxygen atoms in total. The molecule has 3 rings (SSSR count). The van der Waals surface area contributed by atoms with Gasteiger partial charge in [0.1, 0.15) is 0 Å². The number of carboxylic acid groups (broad SMARTS) is 1. The predicted octanol–water partition coefficient (Wildman–Crippen LogP) is 1.50. The summed E-state index contributed by atoms with van der Waals surface area (Å²) in [5.41, 5.74) is 1.04. The molecule has 1 amide bonds. The van der Waals surface area contributed by atoms with Crippen LogP contribution in [0.4, 0.5) is 0 Å². The number of carbonyl (C=O) groups excluding carboxylic acids is 1. The second-order valence-electron chi connectivity index (χ2n) is 4.69. The van der Waals surface area contributed by atoms with Gasteiger partial charge in [-0.3, -0.25) is 9.59 Å². The van der Waals surface area contributed by atoms with Crippen LogP contribution in [0.3, 0.4) is 0 Å². The minimum Gasteiger partial charge on any atom is -0.481 e. The van der Waals surface area contributed by atoms with E-state index in [1.165, 1.54) is 4.90 Å². The molecule has 102 valence electrons. The van der Waals surface area contributed by atoms with Crippen molar-refractivity contribution in [3.8, 4) is 11.3 Å². The molecule has 0 unspecified atom stereocenters. The van der Waals surface area contributed by atoms with Crippen molar-refractivity contribution in [1.82, 2.24) is 10.1 Å². The predicted molar refractivity (Wildman–Crippen MR) is 69.0 cm³/mol. The van der Waals surface area contributed by atoms with E-state index in [1.807, 2.05) is 30.3 Å². The van der Waals surface area contributed by atoms with Crippen LogP contribution in [0.15, 0.2) is 40.9 Å². The van der Waals surface area contributed by atoms with Crippen LogP contribution in [-0.4, -0.2) is 40.1 Å². The molecule has 2 aromatic rings. The number of hydrogen-bond acceptors (Lipinski definition) is 4. The molecule has 0 radical (unpaired) electrons. The Labute approximate surface area is 114 Å². The van der Waals surface area contributed by atoms with E-state index < -0.39 is 11.9 Å². The summed E-state index contributed by atoms with van der Waals surface area (Å²) in [4.78, 5) is 24.2. The number of hydrogen-bond donors (Lipinski definition) is 1. The zero-order chi connectivity index (χ0) is 14.1. The zero-order valence-corrected chi connectivity index (χ0v) is 10.5. The van der Waals surface area contributed by atoms with Crippen LogP contribution < -0.4 is 0 Å². The third-order valence-electron chi connectivity index (χ3n) is 3.31. The van der Waals surface area contributed by atoms with Crippen molar-refractivity contribution in [3.63, 3.8) is 0 Å². The Balaban J connectivity index is 1.72. The largest absolute Gasteiger partial charge is 0.481 e. The minimum absolute atomic E-state index is 0.202. The van der Waals surface area contributed by atoms with Crippen LogP contribution in [0.25, 0.3) is 11.3 Å².